The third kappa shape index (κ3) is 3.77. The Hall–Kier alpha value is -2.44. The number of carbonyl (C=O) groups is 2. The lowest BCUT2D eigenvalue weighted by molar-refractivity contribution is -0.386. The number of nitro benzene ring substituents is 1. The van der Waals surface area contributed by atoms with Crippen LogP contribution < -0.4 is 0 Å². The van der Waals surface area contributed by atoms with Crippen LogP contribution in [0.1, 0.15) is 11.1 Å². The molecule has 0 heterocycles. The van der Waals surface area contributed by atoms with E-state index in [-0.39, 0.29) is 29.7 Å². The molecule has 1 rings (SSSR count). The minimum Gasteiger partial charge on any atom is -0.469 e. The van der Waals surface area contributed by atoms with Gasteiger partial charge in [0.1, 0.15) is 0 Å². The van der Waals surface area contributed by atoms with Crippen LogP contribution in [-0.2, 0) is 31.9 Å². The summed E-state index contributed by atoms with van der Waals surface area (Å²) in [6.07, 6.45) is -0.441. The van der Waals surface area contributed by atoms with Crippen molar-refractivity contribution in [2.24, 2.45) is 0 Å². The maximum absolute atomic E-state index is 11.2. The lowest BCUT2D eigenvalue weighted by Crippen LogP contribution is -2.11. The minimum absolute atomic E-state index is 0.207. The molecule has 1 aromatic rings. The first-order chi connectivity index (χ1) is 8.99. The van der Waals surface area contributed by atoms with Gasteiger partial charge in [0.05, 0.1) is 32.0 Å². The highest BCUT2D eigenvalue weighted by Gasteiger charge is 2.23. The van der Waals surface area contributed by atoms with Crippen molar-refractivity contribution in [2.45, 2.75) is 12.8 Å². The summed E-state index contributed by atoms with van der Waals surface area (Å²) in [5.41, 5.74) is 0.162. The number of nitro groups is 1. The van der Waals surface area contributed by atoms with Crippen LogP contribution in [0.25, 0.3) is 0 Å². The summed E-state index contributed by atoms with van der Waals surface area (Å²) < 4.78 is 8.96. The second kappa shape index (κ2) is 6.48. The summed E-state index contributed by atoms with van der Waals surface area (Å²) in [4.78, 5) is 32.9. The summed E-state index contributed by atoms with van der Waals surface area (Å²) in [7, 11) is 2.40. The summed E-state index contributed by atoms with van der Waals surface area (Å²) >= 11 is 0. The van der Waals surface area contributed by atoms with Gasteiger partial charge in [-0.3, -0.25) is 19.7 Å². The molecule has 0 N–H and O–H groups in total. The Morgan fingerprint density at radius 1 is 1.11 bits per heavy atom. The topological polar surface area (TPSA) is 95.7 Å². The molecule has 0 aliphatic heterocycles. The Morgan fingerprint density at radius 2 is 1.53 bits per heavy atom. The molecule has 0 aromatic heterocycles. The second-order valence-electron chi connectivity index (χ2n) is 3.69. The molecule has 7 nitrogen and oxygen atoms in total. The summed E-state index contributed by atoms with van der Waals surface area (Å²) in [6.45, 7) is 0. The molecule has 0 spiro atoms. The van der Waals surface area contributed by atoms with E-state index in [1.165, 1.54) is 26.4 Å². The van der Waals surface area contributed by atoms with Crippen molar-refractivity contribution in [3.8, 4) is 0 Å². The lowest BCUT2D eigenvalue weighted by atomic mass is 10.0. The van der Waals surface area contributed by atoms with Gasteiger partial charge >= 0.3 is 11.9 Å². The zero-order valence-corrected chi connectivity index (χ0v) is 10.5. The molecule has 19 heavy (non-hydrogen) atoms. The van der Waals surface area contributed by atoms with Gasteiger partial charge in [0.15, 0.2) is 0 Å². The van der Waals surface area contributed by atoms with Crippen molar-refractivity contribution in [2.75, 3.05) is 14.2 Å². The number of rotatable bonds is 5. The highest BCUT2D eigenvalue weighted by Crippen LogP contribution is 2.25. The van der Waals surface area contributed by atoms with Crippen LogP contribution >= 0.6 is 0 Å². The number of ether oxygens (including phenoxy) is 2. The van der Waals surface area contributed by atoms with Gasteiger partial charge in [-0.05, 0) is 0 Å². The first kappa shape index (κ1) is 14.6. The van der Waals surface area contributed by atoms with Crippen molar-refractivity contribution in [1.82, 2.24) is 0 Å². The predicted octanol–water partition coefficient (Wildman–Crippen LogP) is 1.03. The van der Waals surface area contributed by atoms with E-state index >= 15 is 0 Å². The van der Waals surface area contributed by atoms with E-state index in [9.17, 15) is 19.7 Å². The maximum Gasteiger partial charge on any atom is 0.310 e. The molecule has 7 heteroatoms. The first-order valence-corrected chi connectivity index (χ1v) is 5.38. The van der Waals surface area contributed by atoms with Crippen molar-refractivity contribution >= 4 is 17.6 Å². The van der Waals surface area contributed by atoms with Crippen LogP contribution in [0.5, 0.6) is 0 Å². The van der Waals surface area contributed by atoms with E-state index in [0.29, 0.717) is 0 Å². The molecule has 0 radical (unpaired) electrons. The highest BCUT2D eigenvalue weighted by atomic mass is 16.6. The Bertz CT molecular complexity index is 475. The largest absolute Gasteiger partial charge is 0.469 e. The molecule has 0 saturated carbocycles. The quantitative estimate of drug-likeness (QED) is 0.449. The van der Waals surface area contributed by atoms with E-state index < -0.39 is 16.9 Å². The molecule has 102 valence electrons. The fraction of sp³-hybridized carbons (Fsp3) is 0.333. The summed E-state index contributed by atoms with van der Waals surface area (Å²) in [5.74, 6) is -1.17. The number of nitrogens with zero attached hydrogens (tertiary/aromatic N) is 1. The lowest BCUT2D eigenvalue weighted by Gasteiger charge is -2.06. The zero-order valence-electron chi connectivity index (χ0n) is 10.5. The molecular weight excluding hydrogens is 254 g/mol. The van der Waals surface area contributed by atoms with E-state index in [1.54, 1.807) is 6.07 Å². The molecule has 0 amide bonds. The third-order valence-electron chi connectivity index (χ3n) is 2.51. The normalized spacial score (nSPS) is 9.79. The van der Waals surface area contributed by atoms with Crippen LogP contribution in [0.2, 0.25) is 0 Å². The number of methoxy groups -OCH3 is 2. The van der Waals surface area contributed by atoms with Crippen molar-refractivity contribution in [1.29, 1.82) is 0 Å². The monoisotopic (exact) mass is 267 g/mol. The Kier molecular flexibility index (Phi) is 4.99. The van der Waals surface area contributed by atoms with Crippen molar-refractivity contribution in [3.63, 3.8) is 0 Å². The average molecular weight is 267 g/mol. The Balaban J connectivity index is 3.17. The van der Waals surface area contributed by atoms with Gasteiger partial charge in [-0.25, -0.2) is 0 Å². The van der Waals surface area contributed by atoms with Gasteiger partial charge in [-0.1, -0.05) is 18.2 Å². The van der Waals surface area contributed by atoms with E-state index in [0.717, 1.165) is 0 Å². The number of esters is 2. The van der Waals surface area contributed by atoms with Gasteiger partial charge < -0.3 is 9.47 Å². The van der Waals surface area contributed by atoms with Crippen LogP contribution in [-0.4, -0.2) is 31.1 Å². The van der Waals surface area contributed by atoms with Crippen LogP contribution in [0.15, 0.2) is 18.2 Å². The first-order valence-electron chi connectivity index (χ1n) is 5.38. The molecular formula is C12H13NO6. The number of hydrogen-bond acceptors (Lipinski definition) is 6. The minimum atomic E-state index is -0.615. The number of hydrogen-bond donors (Lipinski definition) is 0. The zero-order chi connectivity index (χ0) is 14.4. The van der Waals surface area contributed by atoms with Crippen molar-refractivity contribution in [3.05, 3.63) is 39.4 Å². The Morgan fingerprint density at radius 3 is 1.84 bits per heavy atom. The van der Waals surface area contributed by atoms with Gasteiger partial charge in [0, 0.05) is 11.1 Å². The van der Waals surface area contributed by atoms with E-state index in [2.05, 4.69) is 9.47 Å². The standard InChI is InChI=1S/C12H13NO6/c1-18-10(14)6-8-4-3-5-9(7-11(15)19-2)12(8)13(16)17/h3-5H,6-7H2,1-2H3. The third-order valence-corrected chi connectivity index (χ3v) is 2.51. The van der Waals surface area contributed by atoms with Gasteiger partial charge in [-0.15, -0.1) is 0 Å². The van der Waals surface area contributed by atoms with E-state index in [1.807, 2.05) is 0 Å². The predicted molar refractivity (Wildman–Crippen MR) is 64.5 cm³/mol. The van der Waals surface area contributed by atoms with Gasteiger partial charge in [0.2, 0.25) is 0 Å². The van der Waals surface area contributed by atoms with E-state index in [4.69, 9.17) is 0 Å². The molecule has 0 aliphatic rings. The summed E-state index contributed by atoms with van der Waals surface area (Å²) in [6, 6.07) is 4.45. The molecule has 0 aliphatic carbocycles. The Labute approximate surface area is 109 Å². The smallest absolute Gasteiger partial charge is 0.310 e. The maximum atomic E-state index is 11.2. The molecule has 0 unspecified atom stereocenters. The van der Waals surface area contributed by atoms with Crippen LogP contribution in [0.3, 0.4) is 0 Å². The molecule has 0 saturated heterocycles. The van der Waals surface area contributed by atoms with Gasteiger partial charge in [0.25, 0.3) is 5.69 Å². The second-order valence-corrected chi connectivity index (χ2v) is 3.69. The fourth-order valence-corrected chi connectivity index (χ4v) is 1.62. The van der Waals surface area contributed by atoms with Gasteiger partial charge in [-0.2, -0.15) is 0 Å². The highest BCUT2D eigenvalue weighted by molar-refractivity contribution is 5.77. The van der Waals surface area contributed by atoms with Crippen molar-refractivity contribution < 1.29 is 24.0 Å². The molecule has 0 fully saturated rings. The van der Waals surface area contributed by atoms with Crippen LogP contribution in [0.4, 0.5) is 5.69 Å². The van der Waals surface area contributed by atoms with Crippen LogP contribution in [0, 0.1) is 10.1 Å². The average Bonchev–Trinajstić information content (AvgIpc) is 2.38. The number of para-hydroxylation sites is 1. The number of benzene rings is 1. The molecule has 0 bridgehead atoms. The number of carbonyl (C=O) groups excluding carboxylic acids is 2. The summed E-state index contributed by atoms with van der Waals surface area (Å²) in [5, 5.41) is 11.1. The fourth-order valence-electron chi connectivity index (χ4n) is 1.62. The molecule has 1 aromatic carbocycles. The molecule has 0 atom stereocenters. The SMILES string of the molecule is COC(=O)Cc1cccc(CC(=O)OC)c1[N+](=O)[O-].